The second-order valence-electron chi connectivity index (χ2n) is 4.23. The van der Waals surface area contributed by atoms with Crippen LogP contribution in [0.25, 0.3) is 0 Å². The minimum absolute atomic E-state index is 0.711. The van der Waals surface area contributed by atoms with Crippen LogP contribution in [0, 0.1) is 5.92 Å². The second-order valence-corrected chi connectivity index (χ2v) is 4.23. The zero-order valence-electron chi connectivity index (χ0n) is 8.92. The first-order valence-corrected chi connectivity index (χ1v) is 5.36. The molecule has 0 spiro atoms. The largest absolute Gasteiger partial charge is 0.330 e. The Balaban J connectivity index is 2.18. The number of hydrogen-bond donors (Lipinski definition) is 2. The van der Waals surface area contributed by atoms with Crippen molar-refractivity contribution in [2.45, 2.75) is 25.8 Å². The molecule has 3 heteroatoms. The Hall–Kier alpha value is -0.120. The van der Waals surface area contributed by atoms with Crippen LogP contribution in [0.3, 0.4) is 0 Å². The molecule has 0 aromatic heterocycles. The molecule has 1 saturated heterocycles. The Kier molecular flexibility index (Phi) is 4.70. The van der Waals surface area contributed by atoms with Crippen LogP contribution in [0.5, 0.6) is 0 Å². The standard InChI is InChI=1S/C10H23N3/c1-9-8-13(2)7-4-10(9)12-6-3-5-11/h9-10,12H,3-8,11H2,1-2H3. The number of piperidine rings is 1. The third kappa shape index (κ3) is 3.63. The molecule has 0 aliphatic carbocycles. The topological polar surface area (TPSA) is 41.3 Å². The Labute approximate surface area is 81.7 Å². The zero-order valence-corrected chi connectivity index (χ0v) is 8.92. The molecule has 1 fully saturated rings. The van der Waals surface area contributed by atoms with Gasteiger partial charge in [0.05, 0.1) is 0 Å². The van der Waals surface area contributed by atoms with E-state index in [1.807, 2.05) is 0 Å². The molecule has 0 saturated carbocycles. The highest BCUT2D eigenvalue weighted by molar-refractivity contribution is 4.81. The summed E-state index contributed by atoms with van der Waals surface area (Å²) in [6.07, 6.45) is 2.38. The first-order chi connectivity index (χ1) is 6.24. The van der Waals surface area contributed by atoms with E-state index in [1.54, 1.807) is 0 Å². The summed E-state index contributed by atoms with van der Waals surface area (Å²) >= 11 is 0. The van der Waals surface area contributed by atoms with E-state index >= 15 is 0 Å². The molecule has 1 aliphatic heterocycles. The minimum Gasteiger partial charge on any atom is -0.330 e. The van der Waals surface area contributed by atoms with Crippen LogP contribution in [0.15, 0.2) is 0 Å². The van der Waals surface area contributed by atoms with E-state index in [9.17, 15) is 0 Å². The smallest absolute Gasteiger partial charge is 0.0117 e. The lowest BCUT2D eigenvalue weighted by atomic mass is 9.94. The van der Waals surface area contributed by atoms with Crippen LogP contribution in [-0.2, 0) is 0 Å². The first-order valence-electron chi connectivity index (χ1n) is 5.36. The molecular weight excluding hydrogens is 162 g/mol. The van der Waals surface area contributed by atoms with E-state index in [0.29, 0.717) is 6.04 Å². The lowest BCUT2D eigenvalue weighted by molar-refractivity contribution is 0.175. The van der Waals surface area contributed by atoms with Crippen molar-refractivity contribution < 1.29 is 0 Å². The first kappa shape index (κ1) is 11.0. The number of rotatable bonds is 4. The molecule has 0 aromatic carbocycles. The van der Waals surface area contributed by atoms with Gasteiger partial charge < -0.3 is 16.0 Å². The van der Waals surface area contributed by atoms with Gasteiger partial charge in [0.25, 0.3) is 0 Å². The molecule has 3 N–H and O–H groups in total. The monoisotopic (exact) mass is 185 g/mol. The maximum atomic E-state index is 5.45. The van der Waals surface area contributed by atoms with Crippen molar-refractivity contribution in [2.75, 3.05) is 33.2 Å². The third-order valence-electron chi connectivity index (χ3n) is 2.90. The van der Waals surface area contributed by atoms with Gasteiger partial charge in [-0.25, -0.2) is 0 Å². The normalized spacial score (nSPS) is 30.7. The van der Waals surface area contributed by atoms with Gasteiger partial charge in [-0.1, -0.05) is 6.92 Å². The molecular formula is C10H23N3. The molecule has 2 atom stereocenters. The molecule has 0 amide bonds. The van der Waals surface area contributed by atoms with Crippen molar-refractivity contribution in [2.24, 2.45) is 11.7 Å². The summed E-state index contributed by atoms with van der Waals surface area (Å²) in [5, 5.41) is 3.59. The number of nitrogens with one attached hydrogen (secondary N) is 1. The van der Waals surface area contributed by atoms with Crippen LogP contribution in [0.1, 0.15) is 19.8 Å². The van der Waals surface area contributed by atoms with Gasteiger partial charge in [-0.2, -0.15) is 0 Å². The summed E-state index contributed by atoms with van der Waals surface area (Å²) < 4.78 is 0. The molecule has 1 rings (SSSR count). The van der Waals surface area contributed by atoms with Gasteiger partial charge in [-0.05, 0) is 45.4 Å². The molecule has 3 nitrogen and oxygen atoms in total. The van der Waals surface area contributed by atoms with E-state index in [4.69, 9.17) is 5.73 Å². The number of hydrogen-bond acceptors (Lipinski definition) is 3. The van der Waals surface area contributed by atoms with Crippen LogP contribution >= 0.6 is 0 Å². The van der Waals surface area contributed by atoms with Crippen LogP contribution in [0.2, 0.25) is 0 Å². The van der Waals surface area contributed by atoms with Crippen molar-refractivity contribution in [1.82, 2.24) is 10.2 Å². The Morgan fingerprint density at radius 3 is 2.92 bits per heavy atom. The Bertz CT molecular complexity index is 138. The minimum atomic E-state index is 0.711. The highest BCUT2D eigenvalue weighted by atomic mass is 15.1. The molecule has 0 bridgehead atoms. The average molecular weight is 185 g/mol. The highest BCUT2D eigenvalue weighted by Crippen LogP contribution is 2.14. The van der Waals surface area contributed by atoms with Gasteiger partial charge in [0.1, 0.15) is 0 Å². The lowest BCUT2D eigenvalue weighted by Gasteiger charge is -2.35. The maximum Gasteiger partial charge on any atom is 0.0117 e. The predicted octanol–water partition coefficient (Wildman–Crippen LogP) is 0.265. The SMILES string of the molecule is CC1CN(C)CCC1NCCCN. The molecule has 2 unspecified atom stereocenters. The summed E-state index contributed by atoms with van der Waals surface area (Å²) in [7, 11) is 2.20. The quantitative estimate of drug-likeness (QED) is 0.618. The van der Waals surface area contributed by atoms with Gasteiger partial charge >= 0.3 is 0 Å². The van der Waals surface area contributed by atoms with Crippen LogP contribution in [-0.4, -0.2) is 44.2 Å². The Morgan fingerprint density at radius 1 is 1.54 bits per heavy atom. The molecule has 13 heavy (non-hydrogen) atoms. The Morgan fingerprint density at radius 2 is 2.31 bits per heavy atom. The summed E-state index contributed by atoms with van der Waals surface area (Å²) in [5.41, 5.74) is 5.45. The van der Waals surface area contributed by atoms with Gasteiger partial charge in [0.15, 0.2) is 0 Å². The van der Waals surface area contributed by atoms with E-state index in [2.05, 4.69) is 24.2 Å². The summed E-state index contributed by atoms with van der Waals surface area (Å²) in [6, 6.07) is 0.711. The second kappa shape index (κ2) is 5.58. The van der Waals surface area contributed by atoms with Crippen LogP contribution in [0.4, 0.5) is 0 Å². The average Bonchev–Trinajstić information content (AvgIpc) is 2.09. The number of nitrogens with zero attached hydrogens (tertiary/aromatic N) is 1. The highest BCUT2D eigenvalue weighted by Gasteiger charge is 2.22. The van der Waals surface area contributed by atoms with Crippen molar-refractivity contribution >= 4 is 0 Å². The molecule has 78 valence electrons. The zero-order chi connectivity index (χ0) is 9.68. The van der Waals surface area contributed by atoms with E-state index in [-0.39, 0.29) is 0 Å². The fourth-order valence-corrected chi connectivity index (χ4v) is 2.05. The summed E-state index contributed by atoms with van der Waals surface area (Å²) in [6.45, 7) is 6.66. The van der Waals surface area contributed by atoms with E-state index in [0.717, 1.165) is 25.4 Å². The lowest BCUT2D eigenvalue weighted by Crippen LogP contribution is -2.47. The fourth-order valence-electron chi connectivity index (χ4n) is 2.05. The molecule has 1 aliphatic rings. The van der Waals surface area contributed by atoms with Crippen LogP contribution < -0.4 is 11.1 Å². The van der Waals surface area contributed by atoms with E-state index < -0.39 is 0 Å². The number of likely N-dealkylation sites (tertiary alicyclic amines) is 1. The van der Waals surface area contributed by atoms with E-state index in [1.165, 1.54) is 19.5 Å². The van der Waals surface area contributed by atoms with Gasteiger partial charge in [0.2, 0.25) is 0 Å². The molecule has 0 radical (unpaired) electrons. The van der Waals surface area contributed by atoms with Crippen molar-refractivity contribution in [3.63, 3.8) is 0 Å². The fraction of sp³-hybridized carbons (Fsp3) is 1.00. The van der Waals surface area contributed by atoms with Gasteiger partial charge in [-0.15, -0.1) is 0 Å². The molecule has 0 aromatic rings. The third-order valence-corrected chi connectivity index (χ3v) is 2.90. The van der Waals surface area contributed by atoms with Gasteiger partial charge in [0, 0.05) is 12.6 Å². The van der Waals surface area contributed by atoms with Crippen molar-refractivity contribution in [3.05, 3.63) is 0 Å². The molecule has 1 heterocycles. The van der Waals surface area contributed by atoms with Gasteiger partial charge in [-0.3, -0.25) is 0 Å². The summed E-state index contributed by atoms with van der Waals surface area (Å²) in [5.74, 6) is 0.775. The summed E-state index contributed by atoms with van der Waals surface area (Å²) in [4.78, 5) is 2.41. The predicted molar refractivity (Wildman–Crippen MR) is 56.7 cm³/mol. The van der Waals surface area contributed by atoms with Crippen molar-refractivity contribution in [3.8, 4) is 0 Å². The van der Waals surface area contributed by atoms with Crippen molar-refractivity contribution in [1.29, 1.82) is 0 Å². The maximum absolute atomic E-state index is 5.45. The number of nitrogens with two attached hydrogens (primary N) is 1.